The van der Waals surface area contributed by atoms with Crippen molar-refractivity contribution in [1.29, 1.82) is 5.26 Å². The first kappa shape index (κ1) is 16.6. The molecule has 0 atom stereocenters. The van der Waals surface area contributed by atoms with Gasteiger partial charge < -0.3 is 9.47 Å². The molecule has 1 heterocycles. The quantitative estimate of drug-likeness (QED) is 0.772. The number of nitrogens with zero attached hydrogens (tertiary/aromatic N) is 3. The fourth-order valence-corrected chi connectivity index (χ4v) is 2.72. The van der Waals surface area contributed by atoms with Crippen LogP contribution in [0.5, 0.6) is 11.5 Å². The molecular weight excluding hydrogens is 278 g/mol. The predicted molar refractivity (Wildman–Crippen MR) is 86.1 cm³/mol. The number of hydrogen-bond acceptors (Lipinski definition) is 5. The van der Waals surface area contributed by atoms with E-state index in [1.54, 1.807) is 7.11 Å². The highest BCUT2D eigenvalue weighted by Gasteiger charge is 2.17. The topological polar surface area (TPSA) is 48.7 Å². The number of hydrogen-bond donors (Lipinski definition) is 0. The van der Waals surface area contributed by atoms with E-state index < -0.39 is 0 Å². The summed E-state index contributed by atoms with van der Waals surface area (Å²) in [6.45, 7) is 8.59. The maximum Gasteiger partial charge on any atom is 0.161 e. The monoisotopic (exact) mass is 303 g/mol. The SMILES string of the molecule is CCOc1ccc(CN2CCN(CCC#N)CC2)cc1OC. The Hall–Kier alpha value is -1.77. The fourth-order valence-electron chi connectivity index (χ4n) is 2.72. The van der Waals surface area contributed by atoms with Crippen molar-refractivity contribution in [3.63, 3.8) is 0 Å². The average molecular weight is 303 g/mol. The zero-order chi connectivity index (χ0) is 15.8. The van der Waals surface area contributed by atoms with Crippen molar-refractivity contribution in [1.82, 2.24) is 9.80 Å². The van der Waals surface area contributed by atoms with Crippen LogP contribution in [0.4, 0.5) is 0 Å². The predicted octanol–water partition coefficient (Wildman–Crippen LogP) is 2.13. The number of benzene rings is 1. The van der Waals surface area contributed by atoms with E-state index in [0.29, 0.717) is 13.0 Å². The molecule has 1 aromatic carbocycles. The smallest absolute Gasteiger partial charge is 0.161 e. The van der Waals surface area contributed by atoms with Gasteiger partial charge in [-0.25, -0.2) is 0 Å². The third-order valence-corrected chi connectivity index (χ3v) is 3.94. The van der Waals surface area contributed by atoms with Crippen LogP contribution in [0.3, 0.4) is 0 Å². The van der Waals surface area contributed by atoms with Gasteiger partial charge >= 0.3 is 0 Å². The second kappa shape index (κ2) is 8.62. The minimum absolute atomic E-state index is 0.621. The molecule has 5 heteroatoms. The van der Waals surface area contributed by atoms with Crippen molar-refractivity contribution >= 4 is 0 Å². The zero-order valence-electron chi connectivity index (χ0n) is 13.5. The van der Waals surface area contributed by atoms with Gasteiger partial charge in [-0.3, -0.25) is 9.80 Å². The first-order valence-corrected chi connectivity index (χ1v) is 7.88. The summed E-state index contributed by atoms with van der Waals surface area (Å²) in [4.78, 5) is 4.80. The normalized spacial score (nSPS) is 16.2. The number of ether oxygens (including phenoxy) is 2. The van der Waals surface area contributed by atoms with Gasteiger partial charge in [0, 0.05) is 45.7 Å². The van der Waals surface area contributed by atoms with E-state index in [-0.39, 0.29) is 0 Å². The van der Waals surface area contributed by atoms with Gasteiger partial charge in [0.25, 0.3) is 0 Å². The van der Waals surface area contributed by atoms with Gasteiger partial charge in [-0.05, 0) is 24.6 Å². The molecule has 1 fully saturated rings. The highest BCUT2D eigenvalue weighted by atomic mass is 16.5. The lowest BCUT2D eigenvalue weighted by Gasteiger charge is -2.34. The van der Waals surface area contributed by atoms with Gasteiger partial charge in [-0.15, -0.1) is 0 Å². The summed E-state index contributed by atoms with van der Waals surface area (Å²) in [7, 11) is 1.68. The Morgan fingerprint density at radius 1 is 1.14 bits per heavy atom. The number of rotatable bonds is 7. The van der Waals surface area contributed by atoms with Crippen molar-refractivity contribution in [2.75, 3.05) is 46.4 Å². The summed E-state index contributed by atoms with van der Waals surface area (Å²) in [5.41, 5.74) is 1.24. The molecule has 120 valence electrons. The van der Waals surface area contributed by atoms with E-state index in [1.807, 2.05) is 13.0 Å². The molecule has 0 saturated carbocycles. The number of piperazine rings is 1. The van der Waals surface area contributed by atoms with Gasteiger partial charge in [0.15, 0.2) is 11.5 Å². The van der Waals surface area contributed by atoms with Gasteiger partial charge in [-0.1, -0.05) is 6.07 Å². The van der Waals surface area contributed by atoms with Crippen LogP contribution in [0, 0.1) is 11.3 Å². The molecule has 0 aliphatic carbocycles. The Morgan fingerprint density at radius 2 is 1.86 bits per heavy atom. The molecule has 1 aliphatic heterocycles. The molecule has 22 heavy (non-hydrogen) atoms. The van der Waals surface area contributed by atoms with E-state index in [9.17, 15) is 0 Å². The molecule has 5 nitrogen and oxygen atoms in total. The van der Waals surface area contributed by atoms with Gasteiger partial charge in [0.2, 0.25) is 0 Å². The maximum absolute atomic E-state index is 8.64. The van der Waals surface area contributed by atoms with Gasteiger partial charge in [-0.2, -0.15) is 5.26 Å². The lowest BCUT2D eigenvalue weighted by molar-refractivity contribution is 0.129. The summed E-state index contributed by atoms with van der Waals surface area (Å²) < 4.78 is 11.0. The molecule has 1 saturated heterocycles. The van der Waals surface area contributed by atoms with Crippen molar-refractivity contribution in [2.45, 2.75) is 19.9 Å². The van der Waals surface area contributed by atoms with Crippen LogP contribution in [-0.2, 0) is 6.54 Å². The molecule has 0 spiro atoms. The van der Waals surface area contributed by atoms with E-state index in [4.69, 9.17) is 14.7 Å². The first-order valence-electron chi connectivity index (χ1n) is 7.88. The Balaban J connectivity index is 1.88. The van der Waals surface area contributed by atoms with Crippen molar-refractivity contribution in [3.8, 4) is 17.6 Å². The highest BCUT2D eigenvalue weighted by molar-refractivity contribution is 5.42. The molecular formula is C17H25N3O2. The van der Waals surface area contributed by atoms with Crippen molar-refractivity contribution in [2.24, 2.45) is 0 Å². The number of nitriles is 1. The molecule has 1 aliphatic rings. The summed E-state index contributed by atoms with van der Waals surface area (Å²) >= 11 is 0. The van der Waals surface area contributed by atoms with Crippen LogP contribution in [0.2, 0.25) is 0 Å². The average Bonchev–Trinajstić information content (AvgIpc) is 2.56. The third kappa shape index (κ3) is 4.62. The molecule has 0 aromatic heterocycles. The van der Waals surface area contributed by atoms with Crippen LogP contribution < -0.4 is 9.47 Å². The molecule has 0 N–H and O–H groups in total. The lowest BCUT2D eigenvalue weighted by atomic mass is 10.1. The first-order chi connectivity index (χ1) is 10.8. The van der Waals surface area contributed by atoms with E-state index >= 15 is 0 Å². The molecule has 1 aromatic rings. The minimum Gasteiger partial charge on any atom is -0.493 e. The van der Waals surface area contributed by atoms with E-state index in [1.165, 1.54) is 5.56 Å². The Kier molecular flexibility index (Phi) is 6.50. The molecule has 0 amide bonds. The summed E-state index contributed by atoms with van der Waals surface area (Å²) in [5, 5.41) is 8.64. The second-order valence-corrected chi connectivity index (χ2v) is 5.44. The van der Waals surface area contributed by atoms with E-state index in [0.717, 1.165) is 50.8 Å². The van der Waals surface area contributed by atoms with Gasteiger partial charge in [0.05, 0.1) is 19.8 Å². The molecule has 0 radical (unpaired) electrons. The molecule has 0 bridgehead atoms. The molecule has 0 unspecified atom stereocenters. The van der Waals surface area contributed by atoms with Crippen LogP contribution in [0.25, 0.3) is 0 Å². The Labute approximate surface area is 133 Å². The largest absolute Gasteiger partial charge is 0.493 e. The zero-order valence-corrected chi connectivity index (χ0v) is 13.5. The van der Waals surface area contributed by atoms with Crippen LogP contribution in [0.1, 0.15) is 18.9 Å². The van der Waals surface area contributed by atoms with Crippen LogP contribution in [-0.4, -0.2) is 56.2 Å². The summed E-state index contributed by atoms with van der Waals surface area (Å²) in [5.74, 6) is 1.60. The number of methoxy groups -OCH3 is 1. The lowest BCUT2D eigenvalue weighted by Crippen LogP contribution is -2.46. The fraction of sp³-hybridized carbons (Fsp3) is 0.588. The van der Waals surface area contributed by atoms with Crippen molar-refractivity contribution in [3.05, 3.63) is 23.8 Å². The van der Waals surface area contributed by atoms with Crippen LogP contribution in [0.15, 0.2) is 18.2 Å². The standard InChI is InChI=1S/C17H25N3O2/c1-3-22-16-6-5-15(13-17(16)21-2)14-20-11-9-19(10-12-20)8-4-7-18/h5-6,13H,3-4,8-12,14H2,1-2H3. The Morgan fingerprint density at radius 3 is 2.50 bits per heavy atom. The van der Waals surface area contributed by atoms with E-state index in [2.05, 4.69) is 28.0 Å². The second-order valence-electron chi connectivity index (χ2n) is 5.44. The maximum atomic E-state index is 8.64. The minimum atomic E-state index is 0.621. The summed E-state index contributed by atoms with van der Waals surface area (Å²) in [6.07, 6.45) is 0.621. The van der Waals surface area contributed by atoms with Crippen molar-refractivity contribution < 1.29 is 9.47 Å². The van der Waals surface area contributed by atoms with Gasteiger partial charge in [0.1, 0.15) is 0 Å². The van der Waals surface area contributed by atoms with Crippen LogP contribution >= 0.6 is 0 Å². The Bertz CT molecular complexity index is 505. The highest BCUT2D eigenvalue weighted by Crippen LogP contribution is 2.28. The summed E-state index contributed by atoms with van der Waals surface area (Å²) in [6, 6.07) is 8.37. The molecule has 2 rings (SSSR count). The third-order valence-electron chi connectivity index (χ3n) is 3.94.